The number of sulfone groups is 1. The fourth-order valence-electron chi connectivity index (χ4n) is 2.08. The Labute approximate surface area is 118 Å². The van der Waals surface area contributed by atoms with Gasteiger partial charge in [0.05, 0.1) is 28.0 Å². The number of hydrogen-bond donors (Lipinski definition) is 1. The van der Waals surface area contributed by atoms with Crippen LogP contribution in [0.25, 0.3) is 0 Å². The number of nitrogens with zero attached hydrogens (tertiary/aromatic N) is 1. The van der Waals surface area contributed by atoms with Crippen molar-refractivity contribution in [2.45, 2.75) is 11.3 Å². The molecule has 1 fully saturated rings. The van der Waals surface area contributed by atoms with Gasteiger partial charge in [0.2, 0.25) is 10.0 Å². The highest BCUT2D eigenvalue weighted by atomic mass is 32.2. The zero-order valence-electron chi connectivity index (χ0n) is 10.6. The summed E-state index contributed by atoms with van der Waals surface area (Å²) < 4.78 is 49.1. The highest BCUT2D eigenvalue weighted by molar-refractivity contribution is 7.91. The summed E-state index contributed by atoms with van der Waals surface area (Å²) in [6, 6.07) is 7.57. The maximum absolute atomic E-state index is 12.0. The Balaban J connectivity index is 2.07. The number of nitriles is 1. The van der Waals surface area contributed by atoms with Crippen LogP contribution >= 0.6 is 0 Å². The van der Waals surface area contributed by atoms with Crippen LogP contribution in [0.3, 0.4) is 0 Å². The molecule has 0 saturated carbocycles. The number of benzene rings is 1. The van der Waals surface area contributed by atoms with Crippen molar-refractivity contribution in [3.05, 3.63) is 29.8 Å². The van der Waals surface area contributed by atoms with Gasteiger partial charge in [-0.1, -0.05) is 6.07 Å². The van der Waals surface area contributed by atoms with Gasteiger partial charge in [0.25, 0.3) is 0 Å². The molecule has 0 aliphatic carbocycles. The summed E-state index contributed by atoms with van der Waals surface area (Å²) in [5, 5.41) is 8.76. The summed E-state index contributed by atoms with van der Waals surface area (Å²) in [6.07, 6.45) is 0.475. The van der Waals surface area contributed by atoms with Gasteiger partial charge in [-0.25, -0.2) is 21.6 Å². The van der Waals surface area contributed by atoms with Crippen molar-refractivity contribution in [1.29, 1.82) is 5.26 Å². The first-order valence-corrected chi connectivity index (χ1v) is 9.33. The summed E-state index contributed by atoms with van der Waals surface area (Å²) in [7, 11) is -6.73. The number of rotatable bonds is 4. The number of hydrogen-bond acceptors (Lipinski definition) is 5. The minimum Gasteiger partial charge on any atom is -0.229 e. The molecule has 1 aliphatic heterocycles. The van der Waals surface area contributed by atoms with Crippen LogP contribution in [0.4, 0.5) is 0 Å². The lowest BCUT2D eigenvalue weighted by Crippen LogP contribution is -2.30. The van der Waals surface area contributed by atoms with Crippen LogP contribution in [0.1, 0.15) is 12.0 Å². The van der Waals surface area contributed by atoms with Gasteiger partial charge in [0, 0.05) is 6.54 Å². The third-order valence-electron chi connectivity index (χ3n) is 3.16. The van der Waals surface area contributed by atoms with Gasteiger partial charge < -0.3 is 0 Å². The highest BCUT2D eigenvalue weighted by Gasteiger charge is 2.29. The predicted octanol–water partition coefficient (Wildman–Crippen LogP) is 0.271. The van der Waals surface area contributed by atoms with Crippen LogP contribution in [0.2, 0.25) is 0 Å². The fourth-order valence-corrected chi connectivity index (χ4v) is 5.10. The summed E-state index contributed by atoms with van der Waals surface area (Å²) >= 11 is 0. The van der Waals surface area contributed by atoms with Crippen molar-refractivity contribution in [3.8, 4) is 6.07 Å². The Morgan fingerprint density at radius 3 is 2.75 bits per heavy atom. The first-order chi connectivity index (χ1) is 9.32. The molecule has 1 aromatic carbocycles. The Kier molecular flexibility index (Phi) is 4.13. The van der Waals surface area contributed by atoms with Gasteiger partial charge in [-0.3, -0.25) is 0 Å². The fraction of sp³-hybridized carbons (Fsp3) is 0.417. The summed E-state index contributed by atoms with van der Waals surface area (Å²) in [5.74, 6) is -0.0502. The van der Waals surface area contributed by atoms with E-state index in [2.05, 4.69) is 4.72 Å². The van der Waals surface area contributed by atoms with E-state index in [0.717, 1.165) is 0 Å². The minimum absolute atomic E-state index is 0.0115. The maximum Gasteiger partial charge on any atom is 0.240 e. The van der Waals surface area contributed by atoms with E-state index in [4.69, 9.17) is 5.26 Å². The van der Waals surface area contributed by atoms with Gasteiger partial charge in [0.1, 0.15) is 0 Å². The summed E-state index contributed by atoms with van der Waals surface area (Å²) in [5.41, 5.74) is 0.260. The van der Waals surface area contributed by atoms with Crippen LogP contribution in [0, 0.1) is 17.2 Å². The summed E-state index contributed by atoms with van der Waals surface area (Å²) in [6.45, 7) is 0.0956. The van der Waals surface area contributed by atoms with Crippen LogP contribution in [-0.2, 0) is 19.9 Å². The first kappa shape index (κ1) is 15.0. The standard InChI is InChI=1S/C12H14N2O4S2/c13-7-10-2-1-3-12(6-10)20(17,18)14-8-11-4-5-19(15,16)9-11/h1-3,6,11,14H,4-5,8-9H2/t11-/m1/s1. The van der Waals surface area contributed by atoms with Crippen LogP contribution < -0.4 is 4.72 Å². The Bertz CT molecular complexity index is 748. The SMILES string of the molecule is N#Cc1cccc(S(=O)(=O)NC[C@H]2CCS(=O)(=O)C2)c1. The first-order valence-electron chi connectivity index (χ1n) is 6.03. The van der Waals surface area contributed by atoms with E-state index >= 15 is 0 Å². The third-order valence-corrected chi connectivity index (χ3v) is 6.42. The third kappa shape index (κ3) is 3.56. The molecule has 2 rings (SSSR count). The second kappa shape index (κ2) is 5.52. The molecule has 0 bridgehead atoms. The average molecular weight is 314 g/mol. The molecule has 1 aromatic rings. The number of nitrogens with one attached hydrogen (secondary N) is 1. The molecule has 1 saturated heterocycles. The van der Waals surface area contributed by atoms with Gasteiger partial charge in [-0.15, -0.1) is 0 Å². The molecular formula is C12H14N2O4S2. The van der Waals surface area contributed by atoms with Gasteiger partial charge in [-0.2, -0.15) is 5.26 Å². The predicted molar refractivity (Wildman–Crippen MR) is 73.1 cm³/mol. The van der Waals surface area contributed by atoms with Crippen LogP contribution in [0.5, 0.6) is 0 Å². The van der Waals surface area contributed by atoms with Crippen LogP contribution in [0.15, 0.2) is 29.2 Å². The molecule has 1 N–H and O–H groups in total. The molecule has 0 unspecified atom stereocenters. The molecule has 108 valence electrons. The molecular weight excluding hydrogens is 300 g/mol. The molecule has 0 radical (unpaired) electrons. The van der Waals surface area contributed by atoms with E-state index in [-0.39, 0.29) is 34.4 Å². The second-order valence-electron chi connectivity index (χ2n) is 4.76. The molecule has 8 heteroatoms. The van der Waals surface area contributed by atoms with E-state index in [1.165, 1.54) is 24.3 Å². The van der Waals surface area contributed by atoms with Crippen molar-refractivity contribution in [1.82, 2.24) is 4.72 Å². The zero-order chi connectivity index (χ0) is 14.8. The Morgan fingerprint density at radius 1 is 1.40 bits per heavy atom. The molecule has 1 aliphatic rings. The van der Waals surface area contributed by atoms with Crippen molar-refractivity contribution in [2.24, 2.45) is 5.92 Å². The smallest absolute Gasteiger partial charge is 0.229 e. The minimum atomic E-state index is -3.71. The maximum atomic E-state index is 12.0. The van der Waals surface area contributed by atoms with Gasteiger partial charge in [-0.05, 0) is 30.5 Å². The molecule has 6 nitrogen and oxygen atoms in total. The van der Waals surface area contributed by atoms with Crippen molar-refractivity contribution in [2.75, 3.05) is 18.1 Å². The summed E-state index contributed by atoms with van der Waals surface area (Å²) in [4.78, 5) is 0.0115. The Morgan fingerprint density at radius 2 is 2.15 bits per heavy atom. The van der Waals surface area contributed by atoms with Crippen molar-refractivity contribution < 1.29 is 16.8 Å². The monoisotopic (exact) mass is 314 g/mol. The average Bonchev–Trinajstić information content (AvgIpc) is 2.76. The van der Waals surface area contributed by atoms with Crippen molar-refractivity contribution in [3.63, 3.8) is 0 Å². The lowest BCUT2D eigenvalue weighted by atomic mass is 10.1. The van der Waals surface area contributed by atoms with E-state index in [0.29, 0.717) is 6.42 Å². The molecule has 0 spiro atoms. The largest absolute Gasteiger partial charge is 0.240 e. The molecule has 20 heavy (non-hydrogen) atoms. The van der Waals surface area contributed by atoms with Gasteiger partial charge in [0.15, 0.2) is 9.84 Å². The Hall–Kier alpha value is -1.43. The molecule has 1 heterocycles. The number of sulfonamides is 1. The van der Waals surface area contributed by atoms with Crippen molar-refractivity contribution >= 4 is 19.9 Å². The van der Waals surface area contributed by atoms with E-state index < -0.39 is 19.9 Å². The quantitative estimate of drug-likeness (QED) is 0.859. The molecule has 1 atom stereocenters. The normalized spacial score (nSPS) is 21.4. The zero-order valence-corrected chi connectivity index (χ0v) is 12.2. The van der Waals surface area contributed by atoms with E-state index in [9.17, 15) is 16.8 Å². The highest BCUT2D eigenvalue weighted by Crippen LogP contribution is 2.18. The van der Waals surface area contributed by atoms with E-state index in [1.807, 2.05) is 6.07 Å². The van der Waals surface area contributed by atoms with Gasteiger partial charge >= 0.3 is 0 Å². The molecule has 0 amide bonds. The lowest BCUT2D eigenvalue weighted by Gasteiger charge is -2.10. The lowest BCUT2D eigenvalue weighted by molar-refractivity contribution is 0.543. The molecule has 0 aromatic heterocycles. The topological polar surface area (TPSA) is 104 Å². The van der Waals surface area contributed by atoms with E-state index in [1.54, 1.807) is 0 Å². The second-order valence-corrected chi connectivity index (χ2v) is 8.76. The van der Waals surface area contributed by atoms with Crippen LogP contribution in [-0.4, -0.2) is 34.9 Å².